The number of carbonyl (C=O) groups excluding carboxylic acids is 1. The molecule has 0 bridgehead atoms. The van der Waals surface area contributed by atoms with Crippen LogP contribution in [0.2, 0.25) is 0 Å². The number of rotatable bonds is 5. The minimum absolute atomic E-state index is 0.219. The average molecular weight is 261 g/mol. The predicted molar refractivity (Wildman–Crippen MR) is 75.9 cm³/mol. The highest BCUT2D eigenvalue weighted by molar-refractivity contribution is 5.79. The van der Waals surface area contributed by atoms with Gasteiger partial charge in [0.15, 0.2) is 0 Å². The molecule has 0 radical (unpaired) electrons. The largest absolute Gasteiger partial charge is 0.396 e. The molecule has 1 aromatic carbocycles. The second-order valence-electron chi connectivity index (χ2n) is 5.35. The molecule has 1 heterocycles. The highest BCUT2D eigenvalue weighted by atomic mass is 16.3. The Morgan fingerprint density at radius 3 is 2.95 bits per heavy atom. The van der Waals surface area contributed by atoms with Crippen LogP contribution < -0.4 is 0 Å². The molecule has 1 aliphatic rings. The molecule has 1 amide bonds. The maximum absolute atomic E-state index is 12.4. The third-order valence-electron chi connectivity index (χ3n) is 4.00. The topological polar surface area (TPSA) is 40.5 Å². The molecule has 104 valence electrons. The Hall–Kier alpha value is -1.35. The summed E-state index contributed by atoms with van der Waals surface area (Å²) in [5, 5.41) is 8.92. The summed E-state index contributed by atoms with van der Waals surface area (Å²) < 4.78 is 0. The van der Waals surface area contributed by atoms with Crippen LogP contribution in [0.5, 0.6) is 0 Å². The Kier molecular flexibility index (Phi) is 4.97. The normalized spacial score (nSPS) is 18.8. The van der Waals surface area contributed by atoms with Gasteiger partial charge in [0.25, 0.3) is 0 Å². The molecule has 0 spiro atoms. The predicted octanol–water partition coefficient (Wildman–Crippen LogP) is 2.30. The van der Waals surface area contributed by atoms with Crippen molar-refractivity contribution in [3.63, 3.8) is 0 Å². The summed E-state index contributed by atoms with van der Waals surface area (Å²) >= 11 is 0. The first-order valence-electron chi connectivity index (χ1n) is 7.17. The highest BCUT2D eigenvalue weighted by Gasteiger charge is 2.28. The van der Waals surface area contributed by atoms with Crippen LogP contribution in [0.15, 0.2) is 24.3 Å². The van der Waals surface area contributed by atoms with E-state index in [1.807, 2.05) is 23.1 Å². The molecule has 0 aromatic heterocycles. The number of benzene rings is 1. The van der Waals surface area contributed by atoms with Gasteiger partial charge < -0.3 is 10.0 Å². The molecule has 1 aliphatic heterocycles. The van der Waals surface area contributed by atoms with Crippen molar-refractivity contribution >= 4 is 5.91 Å². The minimum Gasteiger partial charge on any atom is -0.396 e. The molecule has 1 aromatic rings. The zero-order valence-corrected chi connectivity index (χ0v) is 11.6. The van der Waals surface area contributed by atoms with Crippen molar-refractivity contribution in [2.45, 2.75) is 45.1 Å². The summed E-state index contributed by atoms with van der Waals surface area (Å²) in [4.78, 5) is 14.4. The Labute approximate surface area is 115 Å². The van der Waals surface area contributed by atoms with Crippen molar-refractivity contribution in [2.75, 3.05) is 13.2 Å². The standard InChI is InChI=1S/C16H23NO2/c1-13-6-2-3-7-14(13)12-16(19)17-10-4-8-15(17)9-5-11-18/h2-3,6-7,15,18H,4-5,8-12H2,1H3. The van der Waals surface area contributed by atoms with E-state index in [1.54, 1.807) is 0 Å². The second kappa shape index (κ2) is 6.71. The van der Waals surface area contributed by atoms with Gasteiger partial charge in [-0.05, 0) is 43.7 Å². The molecule has 1 unspecified atom stereocenters. The lowest BCUT2D eigenvalue weighted by Crippen LogP contribution is -2.36. The van der Waals surface area contributed by atoms with E-state index in [0.29, 0.717) is 12.5 Å². The Morgan fingerprint density at radius 1 is 1.42 bits per heavy atom. The molecule has 3 nitrogen and oxygen atoms in total. The van der Waals surface area contributed by atoms with Crippen molar-refractivity contribution in [1.82, 2.24) is 4.90 Å². The van der Waals surface area contributed by atoms with E-state index in [0.717, 1.165) is 37.8 Å². The molecular weight excluding hydrogens is 238 g/mol. The third-order valence-corrected chi connectivity index (χ3v) is 4.00. The van der Waals surface area contributed by atoms with E-state index in [4.69, 9.17) is 5.11 Å². The van der Waals surface area contributed by atoms with Crippen LogP contribution in [0.1, 0.15) is 36.8 Å². The Balaban J connectivity index is 1.97. The number of hydrogen-bond donors (Lipinski definition) is 1. The van der Waals surface area contributed by atoms with E-state index in [9.17, 15) is 4.79 Å². The molecule has 3 heteroatoms. The number of aliphatic hydroxyl groups is 1. The van der Waals surface area contributed by atoms with Crippen molar-refractivity contribution < 1.29 is 9.90 Å². The van der Waals surface area contributed by atoms with Gasteiger partial charge in [-0.2, -0.15) is 0 Å². The van der Waals surface area contributed by atoms with Gasteiger partial charge in [0.2, 0.25) is 5.91 Å². The van der Waals surface area contributed by atoms with E-state index >= 15 is 0 Å². The van der Waals surface area contributed by atoms with Gasteiger partial charge in [-0.1, -0.05) is 24.3 Å². The van der Waals surface area contributed by atoms with Crippen LogP contribution in [-0.4, -0.2) is 35.1 Å². The van der Waals surface area contributed by atoms with Gasteiger partial charge >= 0.3 is 0 Å². The van der Waals surface area contributed by atoms with Crippen molar-refractivity contribution in [2.24, 2.45) is 0 Å². The zero-order chi connectivity index (χ0) is 13.7. The lowest BCUT2D eigenvalue weighted by molar-refractivity contribution is -0.131. The van der Waals surface area contributed by atoms with E-state index in [1.165, 1.54) is 5.56 Å². The SMILES string of the molecule is Cc1ccccc1CC(=O)N1CCCC1CCCO. The van der Waals surface area contributed by atoms with Crippen molar-refractivity contribution in [1.29, 1.82) is 0 Å². The van der Waals surface area contributed by atoms with Crippen LogP contribution in [0.25, 0.3) is 0 Å². The first kappa shape index (κ1) is 14.1. The molecule has 2 rings (SSSR count). The number of aryl methyl sites for hydroxylation is 1. The number of likely N-dealkylation sites (tertiary alicyclic amines) is 1. The molecule has 0 aliphatic carbocycles. The zero-order valence-electron chi connectivity index (χ0n) is 11.6. The Bertz CT molecular complexity index is 431. The van der Waals surface area contributed by atoms with Crippen LogP contribution in [0, 0.1) is 6.92 Å². The molecule has 1 N–H and O–H groups in total. The highest BCUT2D eigenvalue weighted by Crippen LogP contribution is 2.22. The molecule has 1 saturated heterocycles. The van der Waals surface area contributed by atoms with Crippen LogP contribution in [-0.2, 0) is 11.2 Å². The molecule has 1 fully saturated rings. The minimum atomic E-state index is 0.219. The van der Waals surface area contributed by atoms with Crippen LogP contribution in [0.3, 0.4) is 0 Å². The maximum atomic E-state index is 12.4. The summed E-state index contributed by atoms with van der Waals surface area (Å²) in [5.41, 5.74) is 2.31. The maximum Gasteiger partial charge on any atom is 0.227 e. The van der Waals surface area contributed by atoms with Gasteiger partial charge in [0.1, 0.15) is 0 Å². The number of amides is 1. The number of carbonyl (C=O) groups is 1. The fourth-order valence-corrected chi connectivity index (χ4v) is 2.86. The van der Waals surface area contributed by atoms with E-state index < -0.39 is 0 Å². The molecular formula is C16H23NO2. The fourth-order valence-electron chi connectivity index (χ4n) is 2.86. The van der Waals surface area contributed by atoms with Gasteiger partial charge in [-0.3, -0.25) is 4.79 Å². The van der Waals surface area contributed by atoms with E-state index in [-0.39, 0.29) is 12.5 Å². The first-order chi connectivity index (χ1) is 9.22. The fraction of sp³-hybridized carbons (Fsp3) is 0.562. The second-order valence-corrected chi connectivity index (χ2v) is 5.35. The van der Waals surface area contributed by atoms with Crippen LogP contribution >= 0.6 is 0 Å². The van der Waals surface area contributed by atoms with Crippen molar-refractivity contribution in [3.8, 4) is 0 Å². The third kappa shape index (κ3) is 3.57. The summed E-state index contributed by atoms with van der Waals surface area (Å²) in [6.45, 7) is 3.15. The summed E-state index contributed by atoms with van der Waals surface area (Å²) in [5.74, 6) is 0.231. The lowest BCUT2D eigenvalue weighted by atomic mass is 10.0. The van der Waals surface area contributed by atoms with Gasteiger partial charge in [-0.15, -0.1) is 0 Å². The van der Waals surface area contributed by atoms with Gasteiger partial charge in [0.05, 0.1) is 6.42 Å². The summed E-state index contributed by atoms with van der Waals surface area (Å²) in [7, 11) is 0. The van der Waals surface area contributed by atoms with Crippen LogP contribution in [0.4, 0.5) is 0 Å². The van der Waals surface area contributed by atoms with Gasteiger partial charge in [-0.25, -0.2) is 0 Å². The summed E-state index contributed by atoms with van der Waals surface area (Å²) in [6, 6.07) is 8.41. The number of nitrogens with zero attached hydrogens (tertiary/aromatic N) is 1. The molecule has 1 atom stereocenters. The van der Waals surface area contributed by atoms with Gasteiger partial charge in [0, 0.05) is 19.2 Å². The number of aliphatic hydroxyl groups excluding tert-OH is 1. The quantitative estimate of drug-likeness (QED) is 0.883. The smallest absolute Gasteiger partial charge is 0.227 e. The number of hydrogen-bond acceptors (Lipinski definition) is 2. The average Bonchev–Trinajstić information content (AvgIpc) is 2.87. The molecule has 19 heavy (non-hydrogen) atoms. The van der Waals surface area contributed by atoms with E-state index in [2.05, 4.69) is 13.0 Å². The monoisotopic (exact) mass is 261 g/mol. The Morgan fingerprint density at radius 2 is 2.21 bits per heavy atom. The lowest BCUT2D eigenvalue weighted by Gasteiger charge is -2.25. The molecule has 0 saturated carbocycles. The van der Waals surface area contributed by atoms with Crippen molar-refractivity contribution in [3.05, 3.63) is 35.4 Å². The summed E-state index contributed by atoms with van der Waals surface area (Å²) in [6.07, 6.45) is 4.40. The first-order valence-corrected chi connectivity index (χ1v) is 7.17.